The fourth-order valence-corrected chi connectivity index (χ4v) is 3.78. The molecule has 2 aromatic carbocycles. The van der Waals surface area contributed by atoms with E-state index in [1.165, 1.54) is 4.46 Å². The summed E-state index contributed by atoms with van der Waals surface area (Å²) in [7, 11) is 0. The third-order valence-electron chi connectivity index (χ3n) is 3.11. The molecule has 1 atom stereocenters. The summed E-state index contributed by atoms with van der Waals surface area (Å²) >= 11 is 0.245. The quantitative estimate of drug-likeness (QED) is 0.578. The van der Waals surface area contributed by atoms with Crippen LogP contribution in [-0.4, -0.2) is 32.1 Å². The van der Waals surface area contributed by atoms with Crippen LogP contribution in [0.3, 0.4) is 0 Å². The number of aliphatic hydroxyl groups excluding tert-OH is 1. The molecular weight excluding hydrogens is 343 g/mol. The number of hydrogen-bond acceptors (Lipinski definition) is 3. The van der Waals surface area contributed by atoms with E-state index in [0.29, 0.717) is 13.0 Å². The predicted molar refractivity (Wildman–Crippen MR) is 88.1 cm³/mol. The monoisotopic (exact) mass is 364 g/mol. The molecule has 22 heavy (non-hydrogen) atoms. The van der Waals surface area contributed by atoms with Gasteiger partial charge in [-0.25, -0.2) is 0 Å². The van der Waals surface area contributed by atoms with E-state index in [2.05, 4.69) is 12.1 Å². The fraction of sp³-hybridized carbons (Fsp3) is 0.278. The molecule has 2 aromatic rings. The third-order valence-corrected chi connectivity index (χ3v) is 5.54. The van der Waals surface area contributed by atoms with Crippen LogP contribution >= 0.6 is 0 Å². The van der Waals surface area contributed by atoms with Crippen LogP contribution in [0.5, 0.6) is 0 Å². The molecule has 1 N–H and O–H groups in total. The second-order valence-corrected chi connectivity index (χ2v) is 7.26. The van der Waals surface area contributed by atoms with Crippen molar-refractivity contribution in [2.45, 2.75) is 30.9 Å². The molecule has 0 aromatic heterocycles. The molecule has 2 rings (SSSR count). The Balaban J connectivity index is 1.61. The number of hydrogen-bond donors (Lipinski definition) is 1. The molecule has 3 nitrogen and oxygen atoms in total. The Kier molecular flexibility index (Phi) is 7.17. The molecule has 0 saturated carbocycles. The van der Waals surface area contributed by atoms with E-state index >= 15 is 0 Å². The first-order valence-electron chi connectivity index (χ1n) is 7.29. The number of ether oxygens (including phenoxy) is 1. The summed E-state index contributed by atoms with van der Waals surface area (Å²) < 4.78 is 6.46. The number of carbonyl (C=O) groups excluding carboxylic acids is 1. The van der Waals surface area contributed by atoms with Gasteiger partial charge in [-0.1, -0.05) is 0 Å². The minimum absolute atomic E-state index is 0.245. The van der Waals surface area contributed by atoms with Crippen molar-refractivity contribution in [3.05, 3.63) is 66.2 Å². The predicted octanol–water partition coefficient (Wildman–Crippen LogP) is 2.32. The van der Waals surface area contributed by atoms with Crippen molar-refractivity contribution in [1.82, 2.24) is 0 Å². The Morgan fingerprint density at radius 2 is 1.68 bits per heavy atom. The van der Waals surface area contributed by atoms with Gasteiger partial charge in [0.1, 0.15) is 0 Å². The van der Waals surface area contributed by atoms with Gasteiger partial charge in [0.15, 0.2) is 0 Å². The second kappa shape index (κ2) is 9.42. The molecule has 0 heterocycles. The number of esters is 1. The van der Waals surface area contributed by atoms with Crippen LogP contribution in [0.15, 0.2) is 60.7 Å². The Hall–Kier alpha value is -1.61. The molecule has 0 aliphatic carbocycles. The number of benzene rings is 2. The van der Waals surface area contributed by atoms with Gasteiger partial charge >= 0.3 is 137 Å². The molecule has 0 amide bonds. The van der Waals surface area contributed by atoms with E-state index in [9.17, 15) is 9.90 Å². The Morgan fingerprint density at radius 3 is 2.36 bits per heavy atom. The van der Waals surface area contributed by atoms with Gasteiger partial charge in [0.2, 0.25) is 0 Å². The van der Waals surface area contributed by atoms with E-state index in [4.69, 9.17) is 4.74 Å². The summed E-state index contributed by atoms with van der Waals surface area (Å²) in [6.45, 7) is 0.295. The van der Waals surface area contributed by atoms with Crippen molar-refractivity contribution >= 4 is 25.4 Å². The first-order valence-corrected chi connectivity index (χ1v) is 9.36. The average Bonchev–Trinajstić information content (AvgIpc) is 2.58. The molecule has 0 saturated heterocycles. The van der Waals surface area contributed by atoms with Gasteiger partial charge in [-0.3, -0.25) is 0 Å². The van der Waals surface area contributed by atoms with E-state index in [-0.39, 0.29) is 27.3 Å². The van der Waals surface area contributed by atoms with E-state index in [0.717, 1.165) is 10.9 Å². The Labute approximate surface area is 137 Å². The van der Waals surface area contributed by atoms with Crippen molar-refractivity contribution < 1.29 is 14.6 Å². The molecule has 0 unspecified atom stereocenters. The number of carbonyl (C=O) groups is 1. The van der Waals surface area contributed by atoms with Crippen molar-refractivity contribution in [3.63, 3.8) is 0 Å². The summed E-state index contributed by atoms with van der Waals surface area (Å²) in [5, 5.41) is 10.7. The Morgan fingerprint density at radius 1 is 1.05 bits per heavy atom. The zero-order valence-electron chi connectivity index (χ0n) is 12.4. The standard InChI is InChI=1S/C18H20O3Se/c19-16(14-22-17-9-5-2-6-10-17)11-12-18(20)21-13-15-7-3-1-4-8-15/h1-10,16,19H,11-14H2/t16-/m1/s1. The average molecular weight is 363 g/mol. The fourth-order valence-electron chi connectivity index (χ4n) is 1.89. The molecule has 4 heteroatoms. The van der Waals surface area contributed by atoms with Gasteiger partial charge in [0, 0.05) is 0 Å². The summed E-state index contributed by atoms with van der Waals surface area (Å²) in [4.78, 5) is 11.7. The van der Waals surface area contributed by atoms with Gasteiger partial charge in [-0.15, -0.1) is 0 Å². The first-order chi connectivity index (χ1) is 10.7. The minimum atomic E-state index is -0.440. The zero-order chi connectivity index (χ0) is 15.6. The van der Waals surface area contributed by atoms with E-state index in [1.807, 2.05) is 48.5 Å². The van der Waals surface area contributed by atoms with Crippen molar-refractivity contribution in [1.29, 1.82) is 0 Å². The van der Waals surface area contributed by atoms with Crippen LogP contribution in [0, 0.1) is 0 Å². The van der Waals surface area contributed by atoms with Crippen LogP contribution in [-0.2, 0) is 16.1 Å². The third kappa shape index (κ3) is 6.44. The van der Waals surface area contributed by atoms with Crippen LogP contribution in [0.25, 0.3) is 0 Å². The first kappa shape index (κ1) is 16.8. The summed E-state index contributed by atoms with van der Waals surface area (Å²) in [6, 6.07) is 19.7. The van der Waals surface area contributed by atoms with Crippen LogP contribution in [0.1, 0.15) is 18.4 Å². The molecular formula is C18H20O3Se. The van der Waals surface area contributed by atoms with Crippen LogP contribution in [0.4, 0.5) is 0 Å². The van der Waals surface area contributed by atoms with Gasteiger partial charge in [-0.05, 0) is 0 Å². The maximum absolute atomic E-state index is 11.7. The van der Waals surface area contributed by atoms with E-state index < -0.39 is 6.10 Å². The van der Waals surface area contributed by atoms with Crippen molar-refractivity contribution in [2.24, 2.45) is 0 Å². The van der Waals surface area contributed by atoms with Crippen LogP contribution in [0.2, 0.25) is 5.32 Å². The summed E-state index contributed by atoms with van der Waals surface area (Å²) in [5.74, 6) is -0.255. The molecule has 0 bridgehead atoms. The van der Waals surface area contributed by atoms with E-state index in [1.54, 1.807) is 0 Å². The van der Waals surface area contributed by atoms with Crippen molar-refractivity contribution in [2.75, 3.05) is 0 Å². The molecule has 0 fully saturated rings. The Bertz CT molecular complexity index is 557. The number of aliphatic hydroxyl groups is 1. The number of rotatable bonds is 8. The maximum atomic E-state index is 11.7. The molecule has 0 spiro atoms. The molecule has 0 aliphatic rings. The zero-order valence-corrected chi connectivity index (χ0v) is 14.1. The van der Waals surface area contributed by atoms with Gasteiger partial charge in [0.25, 0.3) is 0 Å². The van der Waals surface area contributed by atoms with Gasteiger partial charge in [-0.2, -0.15) is 0 Å². The van der Waals surface area contributed by atoms with Gasteiger partial charge in [0.05, 0.1) is 0 Å². The summed E-state index contributed by atoms with van der Waals surface area (Å²) in [5.41, 5.74) is 0.976. The van der Waals surface area contributed by atoms with Crippen LogP contribution < -0.4 is 4.46 Å². The topological polar surface area (TPSA) is 46.5 Å². The normalized spacial score (nSPS) is 11.9. The molecule has 116 valence electrons. The SMILES string of the molecule is O=C(CC[C@@H](O)C[Se]c1ccccc1)OCc1ccccc1. The summed E-state index contributed by atoms with van der Waals surface area (Å²) in [6.07, 6.45) is 0.283. The van der Waals surface area contributed by atoms with Gasteiger partial charge < -0.3 is 0 Å². The van der Waals surface area contributed by atoms with Crippen molar-refractivity contribution in [3.8, 4) is 0 Å². The molecule has 0 aliphatic heterocycles. The second-order valence-electron chi connectivity index (χ2n) is 4.96. The molecule has 0 radical (unpaired) electrons.